The maximum absolute atomic E-state index is 13.1. The third kappa shape index (κ3) is 7.64. The van der Waals surface area contributed by atoms with Crippen LogP contribution in [0.4, 0.5) is 0 Å². The van der Waals surface area contributed by atoms with Gasteiger partial charge in [0.05, 0.1) is 17.7 Å². The van der Waals surface area contributed by atoms with Gasteiger partial charge in [-0.25, -0.2) is 9.59 Å². The number of esters is 3. The molecule has 0 radical (unpaired) electrons. The lowest BCUT2D eigenvalue weighted by atomic mass is 9.98. The number of benzene rings is 3. The van der Waals surface area contributed by atoms with E-state index in [1.807, 2.05) is 30.3 Å². The topological polar surface area (TPSA) is 118 Å². The van der Waals surface area contributed by atoms with Crippen molar-refractivity contribution in [2.75, 3.05) is 12.5 Å². The Balaban J connectivity index is 1.65. The molecule has 1 fully saturated rings. The fourth-order valence-electron chi connectivity index (χ4n) is 4.00. The Morgan fingerprint density at radius 2 is 1.26 bits per heavy atom. The van der Waals surface area contributed by atoms with Crippen LogP contribution in [0.3, 0.4) is 0 Å². The predicted octanol–water partition coefficient (Wildman–Crippen LogP) is 3.52. The molecule has 3 aromatic carbocycles. The van der Waals surface area contributed by atoms with Gasteiger partial charge < -0.3 is 28.8 Å². The molecule has 0 bridgehead atoms. The molecule has 0 amide bonds. The van der Waals surface area contributed by atoms with Gasteiger partial charge in [0.15, 0.2) is 18.5 Å². The summed E-state index contributed by atoms with van der Waals surface area (Å²) in [6, 6.07) is 25.6. The summed E-state index contributed by atoms with van der Waals surface area (Å²) in [4.78, 5) is 37.8. The van der Waals surface area contributed by atoms with Gasteiger partial charge in [-0.15, -0.1) is 11.6 Å². The first kappa shape index (κ1) is 28.3. The summed E-state index contributed by atoms with van der Waals surface area (Å²) in [5.74, 6) is -2.59. The van der Waals surface area contributed by atoms with Crippen molar-refractivity contribution in [3.8, 4) is 0 Å². The number of aliphatic hydroxyl groups excluding tert-OH is 1. The highest BCUT2D eigenvalue weighted by Crippen LogP contribution is 2.30. The molecule has 9 nitrogen and oxygen atoms in total. The van der Waals surface area contributed by atoms with E-state index >= 15 is 0 Å². The van der Waals surface area contributed by atoms with E-state index in [9.17, 15) is 19.5 Å². The van der Waals surface area contributed by atoms with Crippen molar-refractivity contribution in [1.29, 1.82) is 0 Å². The molecule has 0 unspecified atom stereocenters. The molecule has 3 aromatic rings. The van der Waals surface area contributed by atoms with Gasteiger partial charge in [0.2, 0.25) is 0 Å². The highest BCUT2D eigenvalue weighted by Gasteiger charge is 2.51. The van der Waals surface area contributed by atoms with Crippen LogP contribution in [0.5, 0.6) is 0 Å². The molecule has 5 atom stereocenters. The second kappa shape index (κ2) is 13.9. The highest BCUT2D eigenvalue weighted by molar-refractivity contribution is 6.26. The summed E-state index contributed by atoms with van der Waals surface area (Å²) < 4.78 is 28.4. The standard InChI is InChI=1S/C29H27ClO9/c30-16-23(31)35-18-22-24(38-27(32)20-12-6-2-7-13-20)25(36-17-19-10-4-1-5-11-19)26(29(34)37-22)39-28(33)21-14-8-3-9-15-21/h1-15,22,24-26,29,34H,16-18H2/t22-,24+,25+,26-,29+/m1/s1. The normalized spacial score (nSPS) is 22.5. The SMILES string of the molecule is O=C(CCl)OC[C@H]1O[C@H](O)[C@H](OC(=O)c2ccccc2)[C@@H](OCc2ccccc2)[C@H]1OC(=O)c1ccccc1. The lowest BCUT2D eigenvalue weighted by molar-refractivity contribution is -0.295. The maximum Gasteiger partial charge on any atom is 0.338 e. The molecule has 0 aromatic heterocycles. The number of aliphatic hydroxyl groups is 1. The number of halogens is 1. The van der Waals surface area contributed by atoms with Crippen molar-refractivity contribution in [3.63, 3.8) is 0 Å². The van der Waals surface area contributed by atoms with Crippen LogP contribution in [0.2, 0.25) is 0 Å². The van der Waals surface area contributed by atoms with Crippen molar-refractivity contribution in [2.24, 2.45) is 0 Å². The van der Waals surface area contributed by atoms with Crippen LogP contribution >= 0.6 is 11.6 Å². The molecule has 39 heavy (non-hydrogen) atoms. The van der Waals surface area contributed by atoms with E-state index < -0.39 is 61.1 Å². The van der Waals surface area contributed by atoms with E-state index in [1.54, 1.807) is 60.7 Å². The van der Waals surface area contributed by atoms with Gasteiger partial charge in [-0.2, -0.15) is 0 Å². The Morgan fingerprint density at radius 3 is 1.79 bits per heavy atom. The van der Waals surface area contributed by atoms with Crippen LogP contribution in [0.25, 0.3) is 0 Å². The molecule has 1 aliphatic rings. The van der Waals surface area contributed by atoms with E-state index in [0.29, 0.717) is 0 Å². The van der Waals surface area contributed by atoms with E-state index in [2.05, 4.69) is 0 Å². The fraction of sp³-hybridized carbons (Fsp3) is 0.276. The quantitative estimate of drug-likeness (QED) is 0.228. The fourth-order valence-corrected chi connectivity index (χ4v) is 4.08. The Hall–Kier alpha value is -3.76. The summed E-state index contributed by atoms with van der Waals surface area (Å²) in [7, 11) is 0. The molecule has 10 heteroatoms. The van der Waals surface area contributed by atoms with Gasteiger partial charge in [0, 0.05) is 0 Å². The Labute approximate surface area is 230 Å². The monoisotopic (exact) mass is 554 g/mol. The number of carbonyl (C=O) groups excluding carboxylic acids is 3. The number of hydrogen-bond acceptors (Lipinski definition) is 9. The maximum atomic E-state index is 13.1. The molecule has 1 heterocycles. The van der Waals surface area contributed by atoms with E-state index in [-0.39, 0.29) is 17.7 Å². The number of rotatable bonds is 10. The first-order valence-corrected chi connectivity index (χ1v) is 12.7. The van der Waals surface area contributed by atoms with Gasteiger partial charge in [0.1, 0.15) is 24.7 Å². The zero-order chi connectivity index (χ0) is 27.6. The first-order chi connectivity index (χ1) is 19.0. The number of carbonyl (C=O) groups is 3. The van der Waals surface area contributed by atoms with Crippen LogP contribution in [-0.2, 0) is 35.1 Å². The average molecular weight is 555 g/mol. The minimum Gasteiger partial charge on any atom is -0.462 e. The van der Waals surface area contributed by atoms with Gasteiger partial charge >= 0.3 is 17.9 Å². The third-order valence-corrected chi connectivity index (χ3v) is 6.14. The summed E-state index contributed by atoms with van der Waals surface area (Å²) in [5, 5.41) is 10.9. The Morgan fingerprint density at radius 1 is 0.744 bits per heavy atom. The Kier molecular flexibility index (Phi) is 10.0. The molecular weight excluding hydrogens is 528 g/mol. The summed E-state index contributed by atoms with van der Waals surface area (Å²) in [6.45, 7) is -0.370. The summed E-state index contributed by atoms with van der Waals surface area (Å²) >= 11 is 5.55. The van der Waals surface area contributed by atoms with Crippen molar-refractivity contribution in [1.82, 2.24) is 0 Å². The van der Waals surface area contributed by atoms with Crippen molar-refractivity contribution in [3.05, 3.63) is 108 Å². The van der Waals surface area contributed by atoms with E-state index in [4.69, 9.17) is 35.3 Å². The number of ether oxygens (including phenoxy) is 5. The van der Waals surface area contributed by atoms with Gasteiger partial charge in [-0.3, -0.25) is 4.79 Å². The summed E-state index contributed by atoms with van der Waals surface area (Å²) in [6.07, 6.45) is -6.69. The largest absolute Gasteiger partial charge is 0.462 e. The molecular formula is C29H27ClO9. The van der Waals surface area contributed by atoms with Crippen molar-refractivity contribution < 1.29 is 43.2 Å². The molecule has 1 aliphatic heterocycles. The minimum atomic E-state index is -1.69. The van der Waals surface area contributed by atoms with Gasteiger partial charge in [-0.1, -0.05) is 66.7 Å². The van der Waals surface area contributed by atoms with Crippen molar-refractivity contribution >= 4 is 29.5 Å². The smallest absolute Gasteiger partial charge is 0.338 e. The molecule has 204 valence electrons. The Bertz CT molecular complexity index is 1220. The third-order valence-electron chi connectivity index (χ3n) is 5.92. The van der Waals surface area contributed by atoms with Crippen LogP contribution in [0.15, 0.2) is 91.0 Å². The lowest BCUT2D eigenvalue weighted by Gasteiger charge is -2.43. The number of hydrogen-bond donors (Lipinski definition) is 1. The second-order valence-electron chi connectivity index (χ2n) is 8.61. The zero-order valence-electron chi connectivity index (χ0n) is 20.8. The first-order valence-electron chi connectivity index (χ1n) is 12.2. The van der Waals surface area contributed by atoms with E-state index in [1.165, 1.54) is 0 Å². The molecule has 0 spiro atoms. The zero-order valence-corrected chi connectivity index (χ0v) is 21.5. The second-order valence-corrected chi connectivity index (χ2v) is 8.88. The molecule has 0 aliphatic carbocycles. The van der Waals surface area contributed by atoms with Crippen LogP contribution in [0.1, 0.15) is 26.3 Å². The van der Waals surface area contributed by atoms with Gasteiger partial charge in [0.25, 0.3) is 0 Å². The molecule has 1 N–H and O–H groups in total. The summed E-state index contributed by atoms with van der Waals surface area (Å²) in [5.41, 5.74) is 1.27. The number of alkyl halides is 1. The lowest BCUT2D eigenvalue weighted by Crippen LogP contribution is -2.62. The molecule has 4 rings (SSSR count). The van der Waals surface area contributed by atoms with Crippen molar-refractivity contribution in [2.45, 2.75) is 37.3 Å². The predicted molar refractivity (Wildman–Crippen MR) is 139 cm³/mol. The highest BCUT2D eigenvalue weighted by atomic mass is 35.5. The average Bonchev–Trinajstić information content (AvgIpc) is 2.98. The minimum absolute atomic E-state index is 0.0329. The van der Waals surface area contributed by atoms with E-state index in [0.717, 1.165) is 5.56 Å². The molecule has 1 saturated heterocycles. The van der Waals surface area contributed by atoms with Crippen LogP contribution in [0, 0.1) is 0 Å². The van der Waals surface area contributed by atoms with Gasteiger partial charge in [-0.05, 0) is 29.8 Å². The van der Waals surface area contributed by atoms with Crippen LogP contribution < -0.4 is 0 Å². The molecule has 0 saturated carbocycles. The van der Waals surface area contributed by atoms with Crippen LogP contribution in [-0.4, -0.2) is 66.2 Å².